The molecule has 0 spiro atoms. The van der Waals surface area contributed by atoms with E-state index in [0.717, 1.165) is 26.1 Å². The maximum absolute atomic E-state index is 10.9. The Morgan fingerprint density at radius 2 is 1.78 bits per heavy atom. The van der Waals surface area contributed by atoms with Crippen molar-refractivity contribution in [3.8, 4) is 5.75 Å². The maximum atomic E-state index is 10.9. The Balaban J connectivity index is 0.000000527. The largest absolute Gasteiger partial charge is 0.487 e. The van der Waals surface area contributed by atoms with Crippen molar-refractivity contribution < 1.29 is 34.2 Å². The minimum atomic E-state index is -1.82. The van der Waals surface area contributed by atoms with Crippen LogP contribution in [0.3, 0.4) is 0 Å². The summed E-state index contributed by atoms with van der Waals surface area (Å²) in [5.74, 6) is -3.31. The van der Waals surface area contributed by atoms with Gasteiger partial charge in [0.05, 0.1) is 23.7 Å². The summed E-state index contributed by atoms with van der Waals surface area (Å²) in [6.45, 7) is 7.40. The zero-order valence-electron chi connectivity index (χ0n) is 15.2. The number of morpholine rings is 1. The van der Waals surface area contributed by atoms with E-state index in [1.807, 2.05) is 0 Å². The number of nitrogens with zero attached hydrogens (tertiary/aromatic N) is 2. The summed E-state index contributed by atoms with van der Waals surface area (Å²) in [5, 5.41) is 25.7. The first-order valence-electron chi connectivity index (χ1n) is 8.41. The van der Waals surface area contributed by atoms with Gasteiger partial charge in [-0.3, -0.25) is 15.0 Å². The molecular formula is C17H24N2O8. The lowest BCUT2D eigenvalue weighted by Gasteiger charge is -2.35. The van der Waals surface area contributed by atoms with E-state index in [0.29, 0.717) is 12.4 Å². The van der Waals surface area contributed by atoms with Crippen molar-refractivity contribution >= 4 is 17.6 Å². The first kappa shape index (κ1) is 22.3. The van der Waals surface area contributed by atoms with E-state index in [9.17, 15) is 10.1 Å². The van der Waals surface area contributed by atoms with E-state index in [2.05, 4.69) is 18.7 Å². The lowest BCUT2D eigenvalue weighted by atomic mass is 10.2. The quantitative estimate of drug-likeness (QED) is 0.324. The lowest BCUT2D eigenvalue weighted by molar-refractivity contribution is -0.385. The van der Waals surface area contributed by atoms with E-state index in [1.54, 1.807) is 18.2 Å². The van der Waals surface area contributed by atoms with Gasteiger partial charge in [0.1, 0.15) is 0 Å². The molecular weight excluding hydrogens is 360 g/mol. The number of nitro benzene ring substituents is 1. The van der Waals surface area contributed by atoms with E-state index >= 15 is 0 Å². The van der Waals surface area contributed by atoms with Crippen LogP contribution in [0.4, 0.5) is 5.69 Å². The number of rotatable bonds is 6. The molecule has 0 amide bonds. The van der Waals surface area contributed by atoms with Crippen molar-refractivity contribution in [1.29, 1.82) is 0 Å². The molecule has 0 aliphatic carbocycles. The molecule has 2 unspecified atom stereocenters. The van der Waals surface area contributed by atoms with E-state index in [4.69, 9.17) is 29.3 Å². The number of benzene rings is 1. The predicted molar refractivity (Wildman–Crippen MR) is 94.9 cm³/mol. The number of nitro groups is 1. The Hall–Kier alpha value is -2.72. The number of hydrogen-bond acceptors (Lipinski definition) is 7. The highest BCUT2D eigenvalue weighted by molar-refractivity contribution is 6.27. The van der Waals surface area contributed by atoms with Gasteiger partial charge in [-0.1, -0.05) is 12.1 Å². The summed E-state index contributed by atoms with van der Waals surface area (Å²) < 4.78 is 11.2. The molecule has 0 radical (unpaired) electrons. The Morgan fingerprint density at radius 1 is 1.22 bits per heavy atom. The molecule has 150 valence electrons. The SMILES string of the molecule is CC1CN(CCCOc2ccccc2[N+](=O)[O-])CC(C)O1.O=C(O)C(=O)O. The second-order valence-electron chi connectivity index (χ2n) is 6.05. The van der Waals surface area contributed by atoms with Gasteiger partial charge in [0, 0.05) is 25.7 Å². The van der Waals surface area contributed by atoms with Crippen LogP contribution in [-0.4, -0.2) is 70.4 Å². The van der Waals surface area contributed by atoms with Gasteiger partial charge in [-0.25, -0.2) is 9.59 Å². The zero-order valence-corrected chi connectivity index (χ0v) is 15.2. The van der Waals surface area contributed by atoms with Crippen LogP contribution in [-0.2, 0) is 14.3 Å². The average Bonchev–Trinajstić information content (AvgIpc) is 2.58. The molecule has 0 bridgehead atoms. The number of para-hydroxylation sites is 2. The summed E-state index contributed by atoms with van der Waals surface area (Å²) >= 11 is 0. The van der Waals surface area contributed by atoms with Gasteiger partial charge in [0.25, 0.3) is 0 Å². The van der Waals surface area contributed by atoms with Crippen LogP contribution in [0.1, 0.15) is 20.3 Å². The van der Waals surface area contributed by atoms with Crippen molar-refractivity contribution in [3.63, 3.8) is 0 Å². The number of carboxylic acids is 2. The van der Waals surface area contributed by atoms with Crippen LogP contribution >= 0.6 is 0 Å². The van der Waals surface area contributed by atoms with Crippen LogP contribution in [0.25, 0.3) is 0 Å². The number of carboxylic acid groups (broad SMARTS) is 2. The van der Waals surface area contributed by atoms with Crippen LogP contribution in [0, 0.1) is 10.1 Å². The Kier molecular flexibility index (Phi) is 9.17. The first-order valence-corrected chi connectivity index (χ1v) is 8.41. The van der Waals surface area contributed by atoms with Gasteiger partial charge in [-0.05, 0) is 26.3 Å². The standard InChI is InChI=1S/C15H22N2O4.C2H2O4/c1-12-10-16(11-13(2)21-12)8-5-9-20-15-7-4-3-6-14(15)17(18)19;3-1(4)2(5)6/h3-4,6-7,12-13H,5,8-11H2,1-2H3;(H,3,4)(H,5,6). The van der Waals surface area contributed by atoms with Gasteiger partial charge in [-0.2, -0.15) is 0 Å². The van der Waals surface area contributed by atoms with Gasteiger partial charge in [0.15, 0.2) is 5.75 Å². The predicted octanol–water partition coefficient (Wildman–Crippen LogP) is 1.63. The molecule has 1 aromatic carbocycles. The molecule has 1 aromatic rings. The minimum Gasteiger partial charge on any atom is -0.487 e. The van der Waals surface area contributed by atoms with Crippen LogP contribution in [0.2, 0.25) is 0 Å². The van der Waals surface area contributed by atoms with Crippen LogP contribution in [0.5, 0.6) is 5.75 Å². The fourth-order valence-electron chi connectivity index (χ4n) is 2.67. The van der Waals surface area contributed by atoms with E-state index < -0.39 is 16.9 Å². The summed E-state index contributed by atoms with van der Waals surface area (Å²) in [7, 11) is 0. The number of hydrogen-bond donors (Lipinski definition) is 2. The molecule has 1 heterocycles. The third-order valence-corrected chi connectivity index (χ3v) is 3.62. The third-order valence-electron chi connectivity index (χ3n) is 3.62. The number of aliphatic carboxylic acids is 2. The molecule has 2 rings (SSSR count). The smallest absolute Gasteiger partial charge is 0.414 e. The Morgan fingerprint density at radius 3 is 2.30 bits per heavy atom. The highest BCUT2D eigenvalue weighted by Crippen LogP contribution is 2.25. The second kappa shape index (κ2) is 11.1. The van der Waals surface area contributed by atoms with Crippen molar-refractivity contribution in [2.45, 2.75) is 32.5 Å². The van der Waals surface area contributed by atoms with Crippen LogP contribution in [0.15, 0.2) is 24.3 Å². The highest BCUT2D eigenvalue weighted by Gasteiger charge is 2.21. The molecule has 1 aliphatic heterocycles. The fourth-order valence-corrected chi connectivity index (χ4v) is 2.67. The molecule has 1 aliphatic rings. The lowest BCUT2D eigenvalue weighted by Crippen LogP contribution is -2.45. The summed E-state index contributed by atoms with van der Waals surface area (Å²) in [6, 6.07) is 6.48. The third kappa shape index (κ3) is 8.47. The number of ether oxygens (including phenoxy) is 2. The molecule has 2 N–H and O–H groups in total. The normalized spacial score (nSPS) is 19.5. The van der Waals surface area contributed by atoms with Gasteiger partial charge < -0.3 is 19.7 Å². The molecule has 10 heteroatoms. The Bertz CT molecular complexity index is 630. The molecule has 10 nitrogen and oxygen atoms in total. The topological polar surface area (TPSA) is 139 Å². The minimum absolute atomic E-state index is 0.0196. The molecule has 0 aromatic heterocycles. The van der Waals surface area contributed by atoms with Crippen LogP contribution < -0.4 is 4.74 Å². The van der Waals surface area contributed by atoms with Gasteiger partial charge >= 0.3 is 17.6 Å². The molecule has 1 saturated heterocycles. The Labute approximate surface area is 156 Å². The van der Waals surface area contributed by atoms with Crippen molar-refractivity contribution in [1.82, 2.24) is 4.90 Å². The summed E-state index contributed by atoms with van der Waals surface area (Å²) in [4.78, 5) is 31.0. The number of carbonyl (C=O) groups is 2. The van der Waals surface area contributed by atoms with Crippen molar-refractivity contribution in [2.75, 3.05) is 26.2 Å². The summed E-state index contributed by atoms with van der Waals surface area (Å²) in [6.07, 6.45) is 1.35. The van der Waals surface area contributed by atoms with E-state index in [1.165, 1.54) is 6.07 Å². The van der Waals surface area contributed by atoms with Gasteiger partial charge in [-0.15, -0.1) is 0 Å². The average molecular weight is 384 g/mol. The first-order chi connectivity index (χ1) is 12.7. The monoisotopic (exact) mass is 384 g/mol. The fraction of sp³-hybridized carbons (Fsp3) is 0.529. The van der Waals surface area contributed by atoms with Crippen molar-refractivity contribution in [3.05, 3.63) is 34.4 Å². The highest BCUT2D eigenvalue weighted by atomic mass is 16.6. The summed E-state index contributed by atoms with van der Waals surface area (Å²) in [5.41, 5.74) is 0.0196. The van der Waals surface area contributed by atoms with E-state index in [-0.39, 0.29) is 17.9 Å². The molecule has 2 atom stereocenters. The second-order valence-corrected chi connectivity index (χ2v) is 6.05. The molecule has 1 fully saturated rings. The maximum Gasteiger partial charge on any atom is 0.414 e. The van der Waals surface area contributed by atoms with Crippen molar-refractivity contribution in [2.24, 2.45) is 0 Å². The van der Waals surface area contributed by atoms with Gasteiger partial charge in [0.2, 0.25) is 0 Å². The zero-order chi connectivity index (χ0) is 20.4. The molecule has 0 saturated carbocycles. The molecule has 27 heavy (non-hydrogen) atoms.